The van der Waals surface area contributed by atoms with E-state index in [4.69, 9.17) is 5.73 Å². The molecule has 3 nitrogen and oxygen atoms in total. The second-order valence-corrected chi connectivity index (χ2v) is 6.02. The molecule has 2 N–H and O–H groups in total. The Hall–Kier alpha value is -0.450. The van der Waals surface area contributed by atoms with Gasteiger partial charge in [0.1, 0.15) is 0 Å². The van der Waals surface area contributed by atoms with E-state index in [1.807, 2.05) is 6.20 Å². The number of nitrogens with zero attached hydrogens (tertiary/aromatic N) is 2. The van der Waals surface area contributed by atoms with Crippen LogP contribution < -0.4 is 5.73 Å². The van der Waals surface area contributed by atoms with E-state index in [9.17, 15) is 0 Å². The molecule has 1 aromatic heterocycles. The number of likely N-dealkylation sites (tertiary alicyclic amines) is 1. The van der Waals surface area contributed by atoms with Gasteiger partial charge in [-0.2, -0.15) is 0 Å². The first-order valence-corrected chi connectivity index (χ1v) is 7.16. The fourth-order valence-electron chi connectivity index (χ4n) is 2.92. The SMILES string of the molecule is NCC1CCN(C2CC2)C1c1ccc(Br)cn1. The van der Waals surface area contributed by atoms with Gasteiger partial charge in [0.25, 0.3) is 0 Å². The molecule has 4 heteroatoms. The first kappa shape index (κ1) is 11.6. The number of hydrogen-bond acceptors (Lipinski definition) is 3. The summed E-state index contributed by atoms with van der Waals surface area (Å²) in [5.41, 5.74) is 7.10. The van der Waals surface area contributed by atoms with Crippen LogP contribution in [-0.2, 0) is 0 Å². The lowest BCUT2D eigenvalue weighted by atomic mass is 9.97. The first-order valence-electron chi connectivity index (χ1n) is 6.37. The Labute approximate surface area is 111 Å². The summed E-state index contributed by atoms with van der Waals surface area (Å²) in [6.07, 6.45) is 5.82. The molecule has 1 saturated carbocycles. The van der Waals surface area contributed by atoms with E-state index < -0.39 is 0 Å². The van der Waals surface area contributed by atoms with Crippen molar-refractivity contribution in [1.82, 2.24) is 9.88 Å². The molecule has 1 saturated heterocycles. The molecule has 2 heterocycles. The highest BCUT2D eigenvalue weighted by Crippen LogP contribution is 2.43. The fraction of sp³-hybridized carbons (Fsp3) is 0.615. The summed E-state index contributed by atoms with van der Waals surface area (Å²) in [5, 5.41) is 0. The summed E-state index contributed by atoms with van der Waals surface area (Å²) in [7, 11) is 0. The zero-order valence-corrected chi connectivity index (χ0v) is 11.4. The number of halogens is 1. The minimum absolute atomic E-state index is 0.445. The average molecular weight is 296 g/mol. The van der Waals surface area contributed by atoms with Gasteiger partial charge in [0, 0.05) is 16.7 Å². The van der Waals surface area contributed by atoms with E-state index in [2.05, 4.69) is 37.9 Å². The van der Waals surface area contributed by atoms with E-state index in [1.165, 1.54) is 31.5 Å². The smallest absolute Gasteiger partial charge is 0.0579 e. The standard InChI is InChI=1S/C13H18BrN3/c14-10-1-4-12(16-8-10)13-9(7-15)5-6-17(13)11-2-3-11/h1,4,8-9,11,13H,2-3,5-7,15H2. The number of hydrogen-bond donors (Lipinski definition) is 1. The zero-order valence-electron chi connectivity index (χ0n) is 9.85. The molecule has 1 aromatic rings. The van der Waals surface area contributed by atoms with Crippen LogP contribution >= 0.6 is 15.9 Å². The highest BCUT2D eigenvalue weighted by Gasteiger charge is 2.42. The summed E-state index contributed by atoms with van der Waals surface area (Å²) in [5.74, 6) is 0.573. The van der Waals surface area contributed by atoms with Gasteiger partial charge in [-0.3, -0.25) is 9.88 Å². The van der Waals surface area contributed by atoms with Gasteiger partial charge < -0.3 is 5.73 Å². The molecule has 0 spiro atoms. The lowest BCUT2D eigenvalue weighted by molar-refractivity contribution is 0.216. The Morgan fingerprint density at radius 1 is 1.35 bits per heavy atom. The van der Waals surface area contributed by atoms with Crippen molar-refractivity contribution in [2.45, 2.75) is 31.3 Å². The Bertz CT molecular complexity index is 388. The van der Waals surface area contributed by atoms with E-state index in [0.717, 1.165) is 17.1 Å². The number of pyridine rings is 1. The second kappa shape index (κ2) is 4.67. The molecule has 1 aliphatic heterocycles. The Morgan fingerprint density at radius 2 is 2.18 bits per heavy atom. The molecule has 0 bridgehead atoms. The molecule has 0 radical (unpaired) electrons. The minimum atomic E-state index is 0.445. The third-order valence-electron chi connectivity index (χ3n) is 3.93. The van der Waals surface area contributed by atoms with Gasteiger partial charge in [-0.05, 0) is 66.3 Å². The molecule has 3 rings (SSSR count). The van der Waals surface area contributed by atoms with Crippen LogP contribution in [0, 0.1) is 5.92 Å². The molecular formula is C13H18BrN3. The largest absolute Gasteiger partial charge is 0.330 e. The molecule has 0 amide bonds. The summed E-state index contributed by atoms with van der Waals surface area (Å²) < 4.78 is 1.04. The van der Waals surface area contributed by atoms with E-state index in [0.29, 0.717) is 12.0 Å². The van der Waals surface area contributed by atoms with Crippen molar-refractivity contribution in [3.63, 3.8) is 0 Å². The Balaban J connectivity index is 1.87. The van der Waals surface area contributed by atoms with Crippen LogP contribution in [0.4, 0.5) is 0 Å². The molecule has 17 heavy (non-hydrogen) atoms. The van der Waals surface area contributed by atoms with Gasteiger partial charge in [-0.25, -0.2) is 0 Å². The van der Waals surface area contributed by atoms with Crippen LogP contribution in [0.5, 0.6) is 0 Å². The molecule has 2 fully saturated rings. The lowest BCUT2D eigenvalue weighted by Gasteiger charge is -2.27. The monoisotopic (exact) mass is 295 g/mol. The van der Waals surface area contributed by atoms with Gasteiger partial charge in [0.05, 0.1) is 11.7 Å². The molecule has 92 valence electrons. The highest BCUT2D eigenvalue weighted by atomic mass is 79.9. The average Bonchev–Trinajstić information content (AvgIpc) is 3.10. The summed E-state index contributed by atoms with van der Waals surface area (Å²) >= 11 is 3.44. The van der Waals surface area contributed by atoms with Gasteiger partial charge in [0.2, 0.25) is 0 Å². The minimum Gasteiger partial charge on any atom is -0.330 e. The van der Waals surface area contributed by atoms with Crippen molar-refractivity contribution in [3.8, 4) is 0 Å². The van der Waals surface area contributed by atoms with Crippen molar-refractivity contribution in [2.24, 2.45) is 11.7 Å². The quantitative estimate of drug-likeness (QED) is 0.931. The third kappa shape index (κ3) is 2.26. The van der Waals surface area contributed by atoms with Crippen LogP contribution in [-0.4, -0.2) is 29.0 Å². The van der Waals surface area contributed by atoms with Crippen LogP contribution in [0.25, 0.3) is 0 Å². The lowest BCUT2D eigenvalue weighted by Crippen LogP contribution is -2.30. The van der Waals surface area contributed by atoms with Crippen LogP contribution in [0.1, 0.15) is 31.0 Å². The zero-order chi connectivity index (χ0) is 11.8. The highest BCUT2D eigenvalue weighted by molar-refractivity contribution is 9.10. The first-order chi connectivity index (χ1) is 8.29. The molecule has 0 aromatic carbocycles. The maximum absolute atomic E-state index is 5.91. The van der Waals surface area contributed by atoms with E-state index in [-0.39, 0.29) is 0 Å². The van der Waals surface area contributed by atoms with Crippen LogP contribution in [0.3, 0.4) is 0 Å². The molecule has 2 atom stereocenters. The molecule has 1 aliphatic carbocycles. The van der Waals surface area contributed by atoms with Crippen molar-refractivity contribution < 1.29 is 0 Å². The maximum atomic E-state index is 5.91. The number of aromatic nitrogens is 1. The van der Waals surface area contributed by atoms with Crippen LogP contribution in [0.15, 0.2) is 22.8 Å². The molecule has 2 unspecified atom stereocenters. The number of nitrogens with two attached hydrogens (primary N) is 1. The maximum Gasteiger partial charge on any atom is 0.0579 e. The molecule has 2 aliphatic rings. The summed E-state index contributed by atoms with van der Waals surface area (Å²) in [4.78, 5) is 7.19. The van der Waals surface area contributed by atoms with Crippen molar-refractivity contribution in [2.75, 3.05) is 13.1 Å². The predicted molar refractivity (Wildman–Crippen MR) is 71.6 cm³/mol. The van der Waals surface area contributed by atoms with Crippen molar-refractivity contribution in [1.29, 1.82) is 0 Å². The van der Waals surface area contributed by atoms with Crippen molar-refractivity contribution in [3.05, 3.63) is 28.5 Å². The van der Waals surface area contributed by atoms with Gasteiger partial charge >= 0.3 is 0 Å². The second-order valence-electron chi connectivity index (χ2n) is 5.10. The van der Waals surface area contributed by atoms with Gasteiger partial charge in [0.15, 0.2) is 0 Å². The van der Waals surface area contributed by atoms with Gasteiger partial charge in [-0.15, -0.1) is 0 Å². The Morgan fingerprint density at radius 3 is 2.76 bits per heavy atom. The Kier molecular flexibility index (Phi) is 3.19. The normalized spacial score (nSPS) is 29.8. The summed E-state index contributed by atoms with van der Waals surface area (Å²) in [6, 6.07) is 5.46. The van der Waals surface area contributed by atoms with E-state index in [1.54, 1.807) is 0 Å². The van der Waals surface area contributed by atoms with Crippen LogP contribution in [0.2, 0.25) is 0 Å². The topological polar surface area (TPSA) is 42.1 Å². The predicted octanol–water partition coefficient (Wildman–Crippen LogP) is 2.33. The third-order valence-corrected chi connectivity index (χ3v) is 4.40. The number of rotatable bonds is 3. The van der Waals surface area contributed by atoms with Gasteiger partial charge in [-0.1, -0.05) is 0 Å². The van der Waals surface area contributed by atoms with E-state index >= 15 is 0 Å². The molecular weight excluding hydrogens is 278 g/mol. The summed E-state index contributed by atoms with van der Waals surface area (Å²) in [6.45, 7) is 1.96. The van der Waals surface area contributed by atoms with Crippen molar-refractivity contribution >= 4 is 15.9 Å². The fourth-order valence-corrected chi connectivity index (χ4v) is 3.15.